The van der Waals surface area contributed by atoms with Crippen LogP contribution in [0.2, 0.25) is 0 Å². The minimum Gasteiger partial charge on any atom is -0.450 e. The first kappa shape index (κ1) is 20.5. The molecule has 4 heteroatoms. The minimum atomic E-state index is -1.04. The van der Waals surface area contributed by atoms with E-state index < -0.39 is 17.5 Å². The Bertz CT molecular complexity index is 842. The lowest BCUT2D eigenvalue weighted by Gasteiger charge is -2.29. The third-order valence-corrected chi connectivity index (χ3v) is 5.80. The van der Waals surface area contributed by atoms with Crippen LogP contribution in [-0.2, 0) is 6.42 Å². The first-order chi connectivity index (χ1) is 13.4. The van der Waals surface area contributed by atoms with Gasteiger partial charge in [0, 0.05) is 12.0 Å². The molecule has 150 valence electrons. The second-order valence-corrected chi connectivity index (χ2v) is 7.81. The summed E-state index contributed by atoms with van der Waals surface area (Å²) < 4.78 is 49.8. The Balaban J connectivity index is 1.94. The van der Waals surface area contributed by atoms with Gasteiger partial charge in [0.2, 0.25) is 5.82 Å². The van der Waals surface area contributed by atoms with Gasteiger partial charge in [0.15, 0.2) is 23.2 Å². The van der Waals surface area contributed by atoms with Crippen molar-refractivity contribution >= 4 is 0 Å². The van der Waals surface area contributed by atoms with Crippen LogP contribution in [0.1, 0.15) is 62.5 Å². The molecule has 1 aliphatic heterocycles. The topological polar surface area (TPSA) is 9.23 Å². The van der Waals surface area contributed by atoms with E-state index >= 15 is 0 Å². The van der Waals surface area contributed by atoms with Crippen LogP contribution in [0.3, 0.4) is 0 Å². The van der Waals surface area contributed by atoms with E-state index in [0.717, 1.165) is 32.1 Å². The van der Waals surface area contributed by atoms with Gasteiger partial charge in [-0.3, -0.25) is 0 Å². The highest BCUT2D eigenvalue weighted by Crippen LogP contribution is 2.43. The van der Waals surface area contributed by atoms with Crippen LogP contribution in [0, 0.1) is 17.6 Å². The van der Waals surface area contributed by atoms with Crippen molar-refractivity contribution in [1.82, 2.24) is 0 Å². The number of allylic oxidation sites excluding steroid dienone is 4. The van der Waals surface area contributed by atoms with E-state index in [1.165, 1.54) is 0 Å². The molecular formula is C24H27F3O. The molecule has 0 N–H and O–H groups in total. The summed E-state index contributed by atoms with van der Waals surface area (Å²) in [5.41, 5.74) is 1.59. The van der Waals surface area contributed by atoms with Crippen LogP contribution < -0.4 is 4.74 Å². The molecule has 1 heterocycles. The normalized spacial score (nSPS) is 23.6. The van der Waals surface area contributed by atoms with E-state index in [2.05, 4.69) is 19.7 Å². The third kappa shape index (κ3) is 3.82. The molecule has 0 bridgehead atoms. The number of ether oxygens (including phenoxy) is 1. The fourth-order valence-corrected chi connectivity index (χ4v) is 4.15. The molecule has 28 heavy (non-hydrogen) atoms. The summed E-state index contributed by atoms with van der Waals surface area (Å²) in [6, 6.07) is 1.67. The average molecular weight is 388 g/mol. The fraction of sp³-hybridized carbons (Fsp3) is 0.417. The van der Waals surface area contributed by atoms with Crippen molar-refractivity contribution in [3.8, 4) is 5.75 Å². The molecule has 1 aliphatic carbocycles. The molecule has 1 aromatic rings. The van der Waals surface area contributed by atoms with Crippen molar-refractivity contribution < 1.29 is 17.9 Å². The Morgan fingerprint density at radius 3 is 2.50 bits per heavy atom. The van der Waals surface area contributed by atoms with Crippen molar-refractivity contribution in [2.75, 3.05) is 0 Å². The van der Waals surface area contributed by atoms with Crippen molar-refractivity contribution in [3.63, 3.8) is 0 Å². The Morgan fingerprint density at radius 1 is 1.21 bits per heavy atom. The molecule has 0 atom stereocenters. The van der Waals surface area contributed by atoms with Crippen LogP contribution in [-0.4, -0.2) is 0 Å². The average Bonchev–Trinajstić information content (AvgIpc) is 2.70. The Labute approximate surface area is 165 Å². The summed E-state index contributed by atoms with van der Waals surface area (Å²) in [5, 5.41) is 0. The molecule has 0 amide bonds. The van der Waals surface area contributed by atoms with Crippen LogP contribution in [0.25, 0.3) is 0 Å². The molecular weight excluding hydrogens is 361 g/mol. The van der Waals surface area contributed by atoms with Gasteiger partial charge < -0.3 is 4.74 Å². The Kier molecular flexibility index (Phi) is 6.17. The number of benzene rings is 1. The first-order valence-corrected chi connectivity index (χ1v) is 9.94. The highest BCUT2D eigenvalue weighted by Gasteiger charge is 2.31. The Hall–Kier alpha value is -2.23. The van der Waals surface area contributed by atoms with E-state index in [0.29, 0.717) is 29.0 Å². The van der Waals surface area contributed by atoms with Crippen LogP contribution >= 0.6 is 0 Å². The van der Waals surface area contributed by atoms with Crippen molar-refractivity contribution in [2.24, 2.45) is 5.92 Å². The summed E-state index contributed by atoms with van der Waals surface area (Å²) in [7, 11) is 0. The standard InChI is InChI=1S/C24H27F3O/c1-5-7-14(3)20(25)23-15(4)12-18-13-19(21(26)22(27)24(18)28-23)17-10-8-16(6-2)9-11-17/h6,13,16-17H,2-5,7-12H2,1H3/b23-20-. The van der Waals surface area contributed by atoms with Gasteiger partial charge in [-0.15, -0.1) is 6.58 Å². The SMILES string of the molecule is C=CC1CCC(c2cc3c(c(F)c2F)O/C(=C(\F)C(=C)CCC)C(=C)C3)CC1. The minimum absolute atomic E-state index is 0.0257. The lowest BCUT2D eigenvalue weighted by molar-refractivity contribution is 0.340. The van der Waals surface area contributed by atoms with Gasteiger partial charge in [-0.1, -0.05) is 32.6 Å². The highest BCUT2D eigenvalue weighted by molar-refractivity contribution is 5.52. The predicted molar refractivity (Wildman–Crippen MR) is 107 cm³/mol. The van der Waals surface area contributed by atoms with Gasteiger partial charge in [-0.05, 0) is 66.7 Å². The molecule has 3 rings (SSSR count). The number of hydrogen-bond donors (Lipinski definition) is 0. The summed E-state index contributed by atoms with van der Waals surface area (Å²) in [6.45, 7) is 13.3. The predicted octanol–water partition coefficient (Wildman–Crippen LogP) is 7.45. The second-order valence-electron chi connectivity index (χ2n) is 7.81. The zero-order chi connectivity index (χ0) is 20.4. The number of hydrogen-bond acceptors (Lipinski definition) is 1. The molecule has 0 saturated heterocycles. The number of rotatable bonds is 5. The third-order valence-electron chi connectivity index (χ3n) is 5.80. The van der Waals surface area contributed by atoms with Crippen LogP contribution in [0.5, 0.6) is 5.75 Å². The van der Waals surface area contributed by atoms with Crippen molar-refractivity contribution in [3.05, 3.63) is 77.4 Å². The molecule has 1 aromatic carbocycles. The second kappa shape index (κ2) is 8.42. The molecule has 0 spiro atoms. The summed E-state index contributed by atoms with van der Waals surface area (Å²) in [6.07, 6.45) is 6.79. The van der Waals surface area contributed by atoms with E-state index in [1.807, 2.05) is 13.0 Å². The zero-order valence-electron chi connectivity index (χ0n) is 16.4. The van der Waals surface area contributed by atoms with E-state index in [-0.39, 0.29) is 29.4 Å². The van der Waals surface area contributed by atoms with Gasteiger partial charge in [-0.2, -0.15) is 4.39 Å². The molecule has 2 aliphatic rings. The molecule has 1 saturated carbocycles. The van der Waals surface area contributed by atoms with Crippen LogP contribution in [0.15, 0.2) is 54.6 Å². The quantitative estimate of drug-likeness (QED) is 0.476. The largest absolute Gasteiger partial charge is 0.450 e. The van der Waals surface area contributed by atoms with E-state index in [9.17, 15) is 13.2 Å². The van der Waals surface area contributed by atoms with Crippen molar-refractivity contribution in [1.29, 1.82) is 0 Å². The number of fused-ring (bicyclic) bond motifs is 1. The molecule has 0 aromatic heterocycles. The maximum absolute atomic E-state index is 14.8. The summed E-state index contributed by atoms with van der Waals surface area (Å²) in [5.74, 6) is -2.52. The van der Waals surface area contributed by atoms with E-state index in [4.69, 9.17) is 4.74 Å². The monoisotopic (exact) mass is 388 g/mol. The maximum Gasteiger partial charge on any atom is 0.201 e. The molecule has 1 nitrogen and oxygen atoms in total. The van der Waals surface area contributed by atoms with E-state index in [1.54, 1.807) is 6.07 Å². The number of halogens is 3. The summed E-state index contributed by atoms with van der Waals surface area (Å²) >= 11 is 0. The maximum atomic E-state index is 14.8. The first-order valence-electron chi connectivity index (χ1n) is 9.94. The van der Waals surface area contributed by atoms with Gasteiger partial charge in [0.1, 0.15) is 0 Å². The van der Waals surface area contributed by atoms with Gasteiger partial charge in [0.25, 0.3) is 0 Å². The lowest BCUT2D eigenvalue weighted by atomic mass is 9.78. The van der Waals surface area contributed by atoms with Gasteiger partial charge in [-0.25, -0.2) is 8.78 Å². The molecule has 1 fully saturated rings. The molecule has 0 radical (unpaired) electrons. The van der Waals surface area contributed by atoms with Gasteiger partial charge in [0.05, 0.1) is 0 Å². The molecule has 0 unspecified atom stereocenters. The Morgan fingerprint density at radius 2 is 1.89 bits per heavy atom. The fourth-order valence-electron chi connectivity index (χ4n) is 4.15. The van der Waals surface area contributed by atoms with Crippen molar-refractivity contribution in [2.45, 2.75) is 57.8 Å². The van der Waals surface area contributed by atoms with Gasteiger partial charge >= 0.3 is 0 Å². The van der Waals surface area contributed by atoms with Crippen LogP contribution in [0.4, 0.5) is 13.2 Å². The lowest BCUT2D eigenvalue weighted by Crippen LogP contribution is -2.18. The smallest absolute Gasteiger partial charge is 0.201 e. The zero-order valence-corrected chi connectivity index (χ0v) is 16.4. The highest BCUT2D eigenvalue weighted by atomic mass is 19.2. The summed E-state index contributed by atoms with van der Waals surface area (Å²) in [4.78, 5) is 0.